The Labute approximate surface area is 270 Å². The molecule has 236 valence electrons. The highest BCUT2D eigenvalue weighted by molar-refractivity contribution is 7.92. The van der Waals surface area contributed by atoms with E-state index >= 15 is 0 Å². The number of nitrogens with zero attached hydrogens (tertiary/aromatic N) is 2. The molecule has 2 amide bonds. The van der Waals surface area contributed by atoms with Crippen LogP contribution in [0.3, 0.4) is 0 Å². The van der Waals surface area contributed by atoms with Crippen LogP contribution in [0.5, 0.6) is 5.75 Å². The molecule has 0 radical (unpaired) electrons. The molecule has 1 fully saturated rings. The molecule has 11 heteroatoms. The maximum Gasteiger partial charge on any atom is 0.243 e. The van der Waals surface area contributed by atoms with Crippen LogP contribution < -0.4 is 14.4 Å². The summed E-state index contributed by atoms with van der Waals surface area (Å²) in [5.74, 6) is -0.0218. The molecule has 0 heterocycles. The van der Waals surface area contributed by atoms with E-state index < -0.39 is 16.1 Å². The summed E-state index contributed by atoms with van der Waals surface area (Å²) >= 11 is 12.6. The number of halogens is 2. The van der Waals surface area contributed by atoms with E-state index in [1.54, 1.807) is 29.2 Å². The minimum atomic E-state index is -3.68. The molecule has 3 aromatic rings. The van der Waals surface area contributed by atoms with Crippen molar-refractivity contribution in [1.29, 1.82) is 0 Å². The molecular weight excluding hydrogens is 621 g/mol. The highest BCUT2D eigenvalue weighted by Crippen LogP contribution is 2.30. The molecule has 44 heavy (non-hydrogen) atoms. The molecule has 1 unspecified atom stereocenters. The highest BCUT2D eigenvalue weighted by atomic mass is 35.5. The fraction of sp³-hybridized carbons (Fsp3) is 0.394. The Bertz CT molecular complexity index is 1530. The number of carbonyl (C=O) groups excluding carboxylic acids is 2. The molecule has 1 atom stereocenters. The summed E-state index contributed by atoms with van der Waals surface area (Å²) < 4.78 is 31.9. The van der Waals surface area contributed by atoms with Crippen molar-refractivity contribution in [2.75, 3.05) is 24.2 Å². The molecule has 1 aliphatic rings. The molecule has 3 aromatic carbocycles. The van der Waals surface area contributed by atoms with Gasteiger partial charge in [0.15, 0.2) is 0 Å². The van der Waals surface area contributed by atoms with Crippen LogP contribution >= 0.6 is 23.2 Å². The van der Waals surface area contributed by atoms with Crippen molar-refractivity contribution < 1.29 is 22.7 Å². The number of carbonyl (C=O) groups is 2. The summed E-state index contributed by atoms with van der Waals surface area (Å²) in [5.41, 5.74) is 2.10. The highest BCUT2D eigenvalue weighted by Gasteiger charge is 2.32. The van der Waals surface area contributed by atoms with Gasteiger partial charge in [0.1, 0.15) is 11.8 Å². The van der Waals surface area contributed by atoms with Gasteiger partial charge in [-0.2, -0.15) is 0 Å². The predicted molar refractivity (Wildman–Crippen MR) is 176 cm³/mol. The van der Waals surface area contributed by atoms with Gasteiger partial charge in [-0.1, -0.05) is 78.5 Å². The first-order valence-corrected chi connectivity index (χ1v) is 17.3. The second-order valence-electron chi connectivity index (χ2n) is 11.1. The average molecular weight is 661 g/mol. The average Bonchev–Trinajstić information content (AvgIpc) is 3.50. The van der Waals surface area contributed by atoms with Gasteiger partial charge >= 0.3 is 0 Å². The van der Waals surface area contributed by atoms with Crippen molar-refractivity contribution in [1.82, 2.24) is 10.2 Å². The monoisotopic (exact) mass is 659 g/mol. The number of sulfonamides is 1. The molecule has 4 rings (SSSR count). The Morgan fingerprint density at radius 3 is 2.32 bits per heavy atom. The molecule has 0 saturated heterocycles. The Hall–Kier alpha value is -3.27. The van der Waals surface area contributed by atoms with Crippen LogP contribution in [0, 0.1) is 0 Å². The van der Waals surface area contributed by atoms with E-state index in [0.717, 1.165) is 43.1 Å². The molecule has 1 aliphatic carbocycles. The van der Waals surface area contributed by atoms with E-state index in [2.05, 4.69) is 5.32 Å². The quantitative estimate of drug-likeness (QED) is 0.221. The number of rotatable bonds is 14. The third-order valence-corrected chi connectivity index (χ3v) is 9.51. The van der Waals surface area contributed by atoms with Crippen LogP contribution in [0.15, 0.2) is 72.8 Å². The van der Waals surface area contributed by atoms with Crippen molar-refractivity contribution in [3.05, 3.63) is 94.0 Å². The van der Waals surface area contributed by atoms with E-state index in [-0.39, 0.29) is 48.8 Å². The maximum absolute atomic E-state index is 14.0. The van der Waals surface area contributed by atoms with Crippen molar-refractivity contribution in [3.63, 3.8) is 0 Å². The summed E-state index contributed by atoms with van der Waals surface area (Å²) in [5, 5.41) is 4.00. The number of hydrogen-bond donors (Lipinski definition) is 1. The third-order valence-electron chi connectivity index (χ3n) is 7.79. The van der Waals surface area contributed by atoms with Crippen LogP contribution in [-0.2, 0) is 32.6 Å². The van der Waals surface area contributed by atoms with E-state index in [0.29, 0.717) is 22.9 Å². The van der Waals surface area contributed by atoms with Gasteiger partial charge in [0.05, 0.1) is 24.1 Å². The van der Waals surface area contributed by atoms with Gasteiger partial charge in [0, 0.05) is 37.0 Å². The Morgan fingerprint density at radius 1 is 0.977 bits per heavy atom. The second kappa shape index (κ2) is 15.6. The number of amides is 2. The van der Waals surface area contributed by atoms with Crippen LogP contribution in [0.4, 0.5) is 5.69 Å². The number of nitrogens with one attached hydrogen (secondary N) is 1. The summed E-state index contributed by atoms with van der Waals surface area (Å²) in [6.45, 7) is 0.231. The fourth-order valence-corrected chi connectivity index (χ4v) is 6.99. The molecular formula is C33H39Cl2N3O5S. The zero-order valence-corrected chi connectivity index (χ0v) is 27.4. The van der Waals surface area contributed by atoms with Gasteiger partial charge in [0.2, 0.25) is 21.8 Å². The lowest BCUT2D eigenvalue weighted by molar-refractivity contribution is -0.141. The smallest absolute Gasteiger partial charge is 0.243 e. The maximum atomic E-state index is 14.0. The molecule has 0 aliphatic heterocycles. The largest absolute Gasteiger partial charge is 0.495 e. The van der Waals surface area contributed by atoms with Gasteiger partial charge in [-0.05, 0) is 60.7 Å². The minimum Gasteiger partial charge on any atom is -0.495 e. The van der Waals surface area contributed by atoms with Crippen molar-refractivity contribution >= 4 is 50.7 Å². The zero-order valence-electron chi connectivity index (χ0n) is 25.0. The first-order chi connectivity index (χ1) is 21.0. The van der Waals surface area contributed by atoms with Gasteiger partial charge in [-0.3, -0.25) is 13.9 Å². The van der Waals surface area contributed by atoms with Crippen molar-refractivity contribution in [2.24, 2.45) is 0 Å². The number of methoxy groups -OCH3 is 1. The normalized spacial score (nSPS) is 14.2. The molecule has 8 nitrogen and oxygen atoms in total. The van der Waals surface area contributed by atoms with Crippen LogP contribution in [-0.4, -0.2) is 57.1 Å². The van der Waals surface area contributed by atoms with Gasteiger partial charge in [0.25, 0.3) is 0 Å². The minimum absolute atomic E-state index is 0.0263. The second-order valence-corrected chi connectivity index (χ2v) is 13.9. The number of benzene rings is 3. The number of anilines is 1. The number of hydrogen-bond acceptors (Lipinski definition) is 5. The first-order valence-electron chi connectivity index (χ1n) is 14.7. The lowest BCUT2D eigenvalue weighted by Gasteiger charge is -2.33. The molecule has 0 bridgehead atoms. The van der Waals surface area contributed by atoms with E-state index in [9.17, 15) is 18.0 Å². The van der Waals surface area contributed by atoms with Gasteiger partial charge < -0.3 is 15.0 Å². The topological polar surface area (TPSA) is 96.0 Å². The zero-order chi connectivity index (χ0) is 31.7. The third kappa shape index (κ3) is 9.36. The lowest BCUT2D eigenvalue weighted by atomic mass is 10.0. The summed E-state index contributed by atoms with van der Waals surface area (Å²) in [7, 11) is -2.20. The Kier molecular flexibility index (Phi) is 11.9. The molecule has 0 spiro atoms. The summed E-state index contributed by atoms with van der Waals surface area (Å²) in [4.78, 5) is 29.5. The van der Waals surface area contributed by atoms with Gasteiger partial charge in [-0.25, -0.2) is 8.42 Å². The summed E-state index contributed by atoms with van der Waals surface area (Å²) in [6, 6.07) is 20.9. The van der Waals surface area contributed by atoms with Crippen molar-refractivity contribution in [2.45, 2.75) is 63.6 Å². The molecule has 0 aromatic heterocycles. The lowest BCUT2D eigenvalue weighted by Crippen LogP contribution is -2.52. The van der Waals surface area contributed by atoms with Crippen LogP contribution in [0.25, 0.3) is 0 Å². The predicted octanol–water partition coefficient (Wildman–Crippen LogP) is 6.25. The van der Waals surface area contributed by atoms with E-state index in [4.69, 9.17) is 27.9 Å². The number of ether oxygens (including phenoxy) is 1. The Balaban J connectivity index is 1.59. The van der Waals surface area contributed by atoms with Gasteiger partial charge in [-0.15, -0.1) is 0 Å². The standard InChI is InChI=1S/C33H39Cl2N3O5S/c1-43-31-18-17-28(22-29(31)35)38(44(2,41)42)19-9-16-32(39)37(23-25-12-8-13-26(34)20-25)30(21-24-10-4-3-5-11-24)33(40)36-27-14-6-7-15-27/h3-5,8,10-13,17-18,20,22,27,30H,6-7,9,14-16,19,21,23H2,1-2H3,(H,36,40). The molecule has 1 N–H and O–H groups in total. The van der Waals surface area contributed by atoms with E-state index in [1.165, 1.54) is 17.5 Å². The van der Waals surface area contributed by atoms with E-state index in [1.807, 2.05) is 42.5 Å². The van der Waals surface area contributed by atoms with Crippen LogP contribution in [0.2, 0.25) is 10.0 Å². The Morgan fingerprint density at radius 2 is 1.68 bits per heavy atom. The SMILES string of the molecule is COc1ccc(N(CCCC(=O)N(Cc2cccc(Cl)c2)C(Cc2ccccc2)C(=O)NC2CCCC2)S(C)(=O)=O)cc1Cl. The first kappa shape index (κ1) is 33.6. The summed E-state index contributed by atoms with van der Waals surface area (Å²) in [6.07, 6.45) is 5.67. The van der Waals surface area contributed by atoms with Crippen molar-refractivity contribution in [3.8, 4) is 5.75 Å². The van der Waals surface area contributed by atoms with Crippen LogP contribution in [0.1, 0.15) is 49.7 Å². The fourth-order valence-electron chi connectivity index (χ4n) is 5.57. The molecule has 1 saturated carbocycles.